The lowest BCUT2D eigenvalue weighted by molar-refractivity contribution is -0.142. The Hall–Kier alpha value is -0.0800. The fraction of sp³-hybridized carbons (Fsp3) is 1.00. The number of nitrogens with zero attached hydrogens (tertiary/aromatic N) is 1. The van der Waals surface area contributed by atoms with Crippen LogP contribution in [0.2, 0.25) is 0 Å². The van der Waals surface area contributed by atoms with Crippen molar-refractivity contribution in [1.29, 1.82) is 0 Å². The van der Waals surface area contributed by atoms with Crippen LogP contribution < -0.4 is 0 Å². The monoisotopic (exact) mass is 129 g/mol. The Morgan fingerprint density at radius 3 is 2.78 bits per heavy atom. The summed E-state index contributed by atoms with van der Waals surface area (Å²) in [7, 11) is 0. The highest BCUT2D eigenvalue weighted by Gasteiger charge is 2.17. The Kier molecular flexibility index (Phi) is 2.49. The summed E-state index contributed by atoms with van der Waals surface area (Å²) < 4.78 is 0. The maximum atomic E-state index is 9.20. The van der Waals surface area contributed by atoms with Crippen molar-refractivity contribution in [2.24, 2.45) is 0 Å². The van der Waals surface area contributed by atoms with Gasteiger partial charge in [0.2, 0.25) is 0 Å². The van der Waals surface area contributed by atoms with Crippen molar-refractivity contribution >= 4 is 0 Å². The van der Waals surface area contributed by atoms with Crippen LogP contribution in [0.3, 0.4) is 0 Å². The zero-order valence-electron chi connectivity index (χ0n) is 6.01. The standard InChI is InChI=1S/C7H15NO/c1-2-7-5-3-4-6-8(7)9/h7,9H,2-6H2,1H3. The number of hydrogen-bond acceptors (Lipinski definition) is 2. The molecular formula is C7H15NO. The summed E-state index contributed by atoms with van der Waals surface area (Å²) in [6.07, 6.45) is 4.70. The molecule has 1 fully saturated rings. The van der Waals surface area contributed by atoms with E-state index in [0.717, 1.165) is 19.4 Å². The Balaban J connectivity index is 2.30. The molecule has 1 N–H and O–H groups in total. The lowest BCUT2D eigenvalue weighted by atomic mass is 10.0. The molecule has 0 radical (unpaired) electrons. The third-order valence-electron chi connectivity index (χ3n) is 2.07. The zero-order chi connectivity index (χ0) is 6.69. The summed E-state index contributed by atoms with van der Waals surface area (Å²) in [6.45, 7) is 3.00. The van der Waals surface area contributed by atoms with Crippen LogP contribution >= 0.6 is 0 Å². The highest BCUT2D eigenvalue weighted by molar-refractivity contribution is 4.68. The third kappa shape index (κ3) is 1.66. The van der Waals surface area contributed by atoms with Crippen molar-refractivity contribution in [3.05, 3.63) is 0 Å². The second-order valence-corrected chi connectivity index (χ2v) is 2.72. The van der Waals surface area contributed by atoms with Crippen LogP contribution in [0.15, 0.2) is 0 Å². The van der Waals surface area contributed by atoms with E-state index in [1.807, 2.05) is 0 Å². The summed E-state index contributed by atoms with van der Waals surface area (Å²) >= 11 is 0. The maximum absolute atomic E-state index is 9.20. The van der Waals surface area contributed by atoms with Gasteiger partial charge in [0, 0.05) is 12.6 Å². The molecule has 0 aromatic carbocycles. The molecule has 1 aliphatic rings. The topological polar surface area (TPSA) is 23.5 Å². The first-order valence-corrected chi connectivity index (χ1v) is 3.80. The Labute approximate surface area is 56.4 Å². The lowest BCUT2D eigenvalue weighted by Crippen LogP contribution is -2.35. The number of hydrogen-bond donors (Lipinski definition) is 1. The molecule has 2 heteroatoms. The molecule has 1 rings (SSSR count). The fourth-order valence-corrected chi connectivity index (χ4v) is 1.40. The average molecular weight is 129 g/mol. The molecule has 0 aromatic heterocycles. The fourth-order valence-electron chi connectivity index (χ4n) is 1.40. The highest BCUT2D eigenvalue weighted by atomic mass is 16.5. The summed E-state index contributed by atoms with van der Waals surface area (Å²) in [5.41, 5.74) is 0. The minimum absolute atomic E-state index is 0.443. The Bertz CT molecular complexity index is 85.0. The molecule has 54 valence electrons. The first-order chi connectivity index (χ1) is 4.34. The van der Waals surface area contributed by atoms with Gasteiger partial charge in [-0.2, -0.15) is 5.06 Å². The summed E-state index contributed by atoms with van der Waals surface area (Å²) in [5, 5.41) is 10.7. The molecule has 0 aliphatic carbocycles. The third-order valence-corrected chi connectivity index (χ3v) is 2.07. The largest absolute Gasteiger partial charge is 0.314 e. The summed E-state index contributed by atoms with van der Waals surface area (Å²) in [5.74, 6) is 0. The van der Waals surface area contributed by atoms with Crippen molar-refractivity contribution in [2.75, 3.05) is 6.54 Å². The van der Waals surface area contributed by atoms with Crippen molar-refractivity contribution in [1.82, 2.24) is 5.06 Å². The van der Waals surface area contributed by atoms with Gasteiger partial charge in [0.1, 0.15) is 0 Å². The smallest absolute Gasteiger partial charge is 0.0347 e. The van der Waals surface area contributed by atoms with E-state index in [1.165, 1.54) is 17.9 Å². The highest BCUT2D eigenvalue weighted by Crippen LogP contribution is 2.16. The molecule has 1 saturated heterocycles. The van der Waals surface area contributed by atoms with Gasteiger partial charge in [-0.25, -0.2) is 0 Å². The lowest BCUT2D eigenvalue weighted by Gasteiger charge is -2.29. The van der Waals surface area contributed by atoms with Gasteiger partial charge in [0.15, 0.2) is 0 Å². The van der Waals surface area contributed by atoms with E-state index in [4.69, 9.17) is 0 Å². The first kappa shape index (κ1) is 7.03. The molecule has 1 atom stereocenters. The predicted octanol–water partition coefficient (Wildman–Crippen LogP) is 1.64. The number of piperidine rings is 1. The van der Waals surface area contributed by atoms with Gasteiger partial charge in [0.05, 0.1) is 0 Å². The van der Waals surface area contributed by atoms with E-state index < -0.39 is 0 Å². The normalized spacial score (nSPS) is 30.7. The second kappa shape index (κ2) is 3.18. The van der Waals surface area contributed by atoms with Crippen LogP contribution in [0.4, 0.5) is 0 Å². The molecule has 2 nitrogen and oxygen atoms in total. The summed E-state index contributed by atoms with van der Waals surface area (Å²) in [4.78, 5) is 0. The minimum Gasteiger partial charge on any atom is -0.314 e. The van der Waals surface area contributed by atoms with Crippen molar-refractivity contribution in [3.8, 4) is 0 Å². The average Bonchev–Trinajstić information content (AvgIpc) is 1.89. The van der Waals surface area contributed by atoms with Crippen molar-refractivity contribution in [2.45, 2.75) is 38.6 Å². The molecule has 1 aliphatic heterocycles. The van der Waals surface area contributed by atoms with E-state index in [0.29, 0.717) is 6.04 Å². The zero-order valence-corrected chi connectivity index (χ0v) is 6.01. The molecular weight excluding hydrogens is 114 g/mol. The number of rotatable bonds is 1. The van der Waals surface area contributed by atoms with E-state index in [-0.39, 0.29) is 0 Å². The maximum Gasteiger partial charge on any atom is 0.0347 e. The Morgan fingerprint density at radius 2 is 2.33 bits per heavy atom. The number of hydroxylamine groups is 2. The quantitative estimate of drug-likeness (QED) is 0.581. The van der Waals surface area contributed by atoms with Gasteiger partial charge in [-0.15, -0.1) is 0 Å². The van der Waals surface area contributed by atoms with Gasteiger partial charge < -0.3 is 5.21 Å². The van der Waals surface area contributed by atoms with E-state index >= 15 is 0 Å². The van der Waals surface area contributed by atoms with Crippen molar-refractivity contribution < 1.29 is 5.21 Å². The van der Waals surface area contributed by atoms with Crippen LogP contribution in [0, 0.1) is 0 Å². The van der Waals surface area contributed by atoms with Gasteiger partial charge in [-0.1, -0.05) is 13.3 Å². The van der Waals surface area contributed by atoms with Crippen LogP contribution in [-0.4, -0.2) is 22.9 Å². The van der Waals surface area contributed by atoms with Crippen LogP contribution in [0.1, 0.15) is 32.6 Å². The molecule has 0 spiro atoms. The minimum atomic E-state index is 0.443. The van der Waals surface area contributed by atoms with Gasteiger partial charge in [-0.3, -0.25) is 0 Å². The van der Waals surface area contributed by atoms with Crippen LogP contribution in [-0.2, 0) is 0 Å². The molecule has 0 saturated carbocycles. The molecule has 9 heavy (non-hydrogen) atoms. The molecule has 0 aromatic rings. The van der Waals surface area contributed by atoms with E-state index in [2.05, 4.69) is 6.92 Å². The molecule has 1 unspecified atom stereocenters. The van der Waals surface area contributed by atoms with Gasteiger partial charge in [0.25, 0.3) is 0 Å². The molecule has 0 amide bonds. The first-order valence-electron chi connectivity index (χ1n) is 3.80. The van der Waals surface area contributed by atoms with E-state index in [9.17, 15) is 5.21 Å². The van der Waals surface area contributed by atoms with Gasteiger partial charge in [-0.05, 0) is 19.3 Å². The SMILES string of the molecule is CCC1CCCCN1O. The predicted molar refractivity (Wildman–Crippen MR) is 36.4 cm³/mol. The van der Waals surface area contributed by atoms with Crippen LogP contribution in [0.25, 0.3) is 0 Å². The van der Waals surface area contributed by atoms with Crippen LogP contribution in [0.5, 0.6) is 0 Å². The van der Waals surface area contributed by atoms with Gasteiger partial charge >= 0.3 is 0 Å². The molecule has 0 bridgehead atoms. The summed E-state index contributed by atoms with van der Waals surface area (Å²) in [6, 6.07) is 0.443. The second-order valence-electron chi connectivity index (χ2n) is 2.72. The molecule has 1 heterocycles. The van der Waals surface area contributed by atoms with E-state index in [1.54, 1.807) is 0 Å². The van der Waals surface area contributed by atoms with Crippen molar-refractivity contribution in [3.63, 3.8) is 0 Å². The Morgan fingerprint density at radius 1 is 1.56 bits per heavy atom.